The van der Waals surface area contributed by atoms with Crippen LogP contribution in [0, 0.1) is 11.8 Å². The highest BCUT2D eigenvalue weighted by atomic mass is 19.1. The third-order valence-corrected chi connectivity index (χ3v) is 4.18. The van der Waals surface area contributed by atoms with Crippen molar-refractivity contribution >= 4 is 0 Å². The van der Waals surface area contributed by atoms with Crippen LogP contribution in [-0.2, 0) is 0 Å². The molecule has 2 heteroatoms. The Labute approximate surface area is 92.8 Å². The van der Waals surface area contributed by atoms with E-state index in [4.69, 9.17) is 0 Å². The molecule has 0 spiro atoms. The van der Waals surface area contributed by atoms with Crippen molar-refractivity contribution in [3.63, 3.8) is 0 Å². The van der Waals surface area contributed by atoms with Crippen LogP contribution in [0.15, 0.2) is 0 Å². The van der Waals surface area contributed by atoms with Gasteiger partial charge in [-0.3, -0.25) is 0 Å². The van der Waals surface area contributed by atoms with Gasteiger partial charge in [0, 0.05) is 0 Å². The number of piperidine rings is 1. The predicted molar refractivity (Wildman–Crippen MR) is 61.7 cm³/mol. The summed E-state index contributed by atoms with van der Waals surface area (Å²) in [5.74, 6) is 1.05. The largest absolute Gasteiger partial charge is 0.317 e. The molecule has 2 rings (SSSR count). The van der Waals surface area contributed by atoms with Crippen molar-refractivity contribution in [3.8, 4) is 0 Å². The quantitative estimate of drug-likeness (QED) is 0.758. The van der Waals surface area contributed by atoms with Gasteiger partial charge in [-0.2, -0.15) is 0 Å². The third kappa shape index (κ3) is 3.44. The molecule has 1 atom stereocenters. The van der Waals surface area contributed by atoms with E-state index in [1.165, 1.54) is 32.1 Å². The second kappa shape index (κ2) is 5.83. The molecule has 2 aliphatic rings. The summed E-state index contributed by atoms with van der Waals surface area (Å²) in [5.41, 5.74) is 0. The van der Waals surface area contributed by atoms with Gasteiger partial charge in [-0.05, 0) is 57.0 Å². The van der Waals surface area contributed by atoms with Gasteiger partial charge >= 0.3 is 0 Å². The molecule has 1 aliphatic carbocycles. The molecule has 1 aliphatic heterocycles. The first-order valence-corrected chi connectivity index (χ1v) is 6.71. The number of nitrogens with one attached hydrogen (secondary N) is 1. The summed E-state index contributed by atoms with van der Waals surface area (Å²) in [6.07, 6.45) is 8.85. The van der Waals surface area contributed by atoms with Crippen LogP contribution in [0.25, 0.3) is 0 Å². The lowest BCUT2D eigenvalue weighted by Crippen LogP contribution is -2.31. The Hall–Kier alpha value is -0.110. The van der Waals surface area contributed by atoms with Crippen LogP contribution in [-0.4, -0.2) is 19.3 Å². The van der Waals surface area contributed by atoms with E-state index >= 15 is 0 Å². The van der Waals surface area contributed by atoms with Crippen LogP contribution in [0.4, 0.5) is 4.39 Å². The molecule has 0 radical (unpaired) electrons. The van der Waals surface area contributed by atoms with E-state index in [0.29, 0.717) is 11.8 Å². The number of rotatable bonds is 3. The van der Waals surface area contributed by atoms with E-state index in [-0.39, 0.29) is 0 Å². The molecule has 0 amide bonds. The minimum absolute atomic E-state index is 0.397. The van der Waals surface area contributed by atoms with Gasteiger partial charge in [0.25, 0.3) is 0 Å². The standard InChI is InChI=1S/C13H24FN/c14-13(12-4-2-1-3-5-12)10-11-6-8-15-9-7-11/h11-13,15H,1-10H2. The van der Waals surface area contributed by atoms with Crippen LogP contribution in [0.1, 0.15) is 51.4 Å². The Balaban J connectivity index is 1.72. The van der Waals surface area contributed by atoms with Crippen molar-refractivity contribution in [3.05, 3.63) is 0 Å². The maximum absolute atomic E-state index is 14.1. The molecule has 1 unspecified atom stereocenters. The zero-order valence-corrected chi connectivity index (χ0v) is 9.68. The second-order valence-electron chi connectivity index (χ2n) is 5.34. The summed E-state index contributed by atoms with van der Waals surface area (Å²) in [6.45, 7) is 2.20. The number of alkyl halides is 1. The highest BCUT2D eigenvalue weighted by Crippen LogP contribution is 2.32. The summed E-state index contributed by atoms with van der Waals surface area (Å²) >= 11 is 0. The Morgan fingerprint density at radius 3 is 2.33 bits per heavy atom. The van der Waals surface area contributed by atoms with Crippen molar-refractivity contribution in [1.29, 1.82) is 0 Å². The summed E-state index contributed by atoms with van der Waals surface area (Å²) in [4.78, 5) is 0. The predicted octanol–water partition coefficient (Wildman–Crippen LogP) is 3.29. The molecular weight excluding hydrogens is 189 g/mol. The lowest BCUT2D eigenvalue weighted by molar-refractivity contribution is 0.140. The summed E-state index contributed by atoms with van der Waals surface area (Å²) in [6, 6.07) is 0. The van der Waals surface area contributed by atoms with Crippen molar-refractivity contribution in [2.24, 2.45) is 11.8 Å². The minimum atomic E-state index is -0.506. The molecule has 15 heavy (non-hydrogen) atoms. The molecule has 1 saturated heterocycles. The summed E-state index contributed by atoms with van der Waals surface area (Å²) in [7, 11) is 0. The summed E-state index contributed by atoms with van der Waals surface area (Å²) < 4.78 is 14.1. The first-order valence-electron chi connectivity index (χ1n) is 6.71. The van der Waals surface area contributed by atoms with E-state index in [2.05, 4.69) is 5.32 Å². The van der Waals surface area contributed by atoms with E-state index < -0.39 is 6.17 Å². The molecule has 0 aromatic carbocycles. The van der Waals surface area contributed by atoms with Gasteiger partial charge in [0.15, 0.2) is 0 Å². The maximum Gasteiger partial charge on any atom is 0.103 e. The van der Waals surface area contributed by atoms with Crippen molar-refractivity contribution < 1.29 is 4.39 Å². The van der Waals surface area contributed by atoms with E-state index in [0.717, 1.165) is 32.4 Å². The fourth-order valence-electron chi connectivity index (χ4n) is 3.12. The number of halogens is 1. The van der Waals surface area contributed by atoms with E-state index in [9.17, 15) is 4.39 Å². The topological polar surface area (TPSA) is 12.0 Å². The first kappa shape index (κ1) is 11.4. The van der Waals surface area contributed by atoms with Crippen molar-refractivity contribution in [1.82, 2.24) is 5.32 Å². The molecule has 0 bridgehead atoms. The lowest BCUT2D eigenvalue weighted by atomic mass is 9.81. The van der Waals surface area contributed by atoms with Gasteiger partial charge in [0.2, 0.25) is 0 Å². The van der Waals surface area contributed by atoms with Crippen LogP contribution in [0.5, 0.6) is 0 Å². The van der Waals surface area contributed by atoms with Crippen LogP contribution >= 0.6 is 0 Å². The highest BCUT2D eigenvalue weighted by molar-refractivity contribution is 4.78. The fraction of sp³-hybridized carbons (Fsp3) is 1.00. The van der Waals surface area contributed by atoms with Crippen LogP contribution in [0.3, 0.4) is 0 Å². The molecule has 1 nitrogen and oxygen atoms in total. The van der Waals surface area contributed by atoms with E-state index in [1.807, 2.05) is 0 Å². The number of hydrogen-bond donors (Lipinski definition) is 1. The normalized spacial score (nSPS) is 27.8. The molecule has 0 aromatic rings. The van der Waals surface area contributed by atoms with E-state index in [1.54, 1.807) is 0 Å². The van der Waals surface area contributed by atoms with Crippen LogP contribution in [0.2, 0.25) is 0 Å². The minimum Gasteiger partial charge on any atom is -0.317 e. The molecule has 1 saturated carbocycles. The zero-order valence-electron chi connectivity index (χ0n) is 9.68. The van der Waals surface area contributed by atoms with Gasteiger partial charge in [-0.1, -0.05) is 19.3 Å². The monoisotopic (exact) mass is 213 g/mol. The zero-order chi connectivity index (χ0) is 10.5. The molecular formula is C13H24FN. The van der Waals surface area contributed by atoms with Gasteiger partial charge in [-0.25, -0.2) is 4.39 Å². The molecule has 1 N–H and O–H groups in total. The molecule has 88 valence electrons. The van der Waals surface area contributed by atoms with Gasteiger partial charge in [0.1, 0.15) is 6.17 Å². The maximum atomic E-state index is 14.1. The Kier molecular flexibility index (Phi) is 4.42. The fourth-order valence-corrected chi connectivity index (χ4v) is 3.12. The van der Waals surface area contributed by atoms with Crippen LogP contribution < -0.4 is 5.32 Å². The highest BCUT2D eigenvalue weighted by Gasteiger charge is 2.26. The Morgan fingerprint density at radius 1 is 1.00 bits per heavy atom. The van der Waals surface area contributed by atoms with Crippen molar-refractivity contribution in [2.75, 3.05) is 13.1 Å². The lowest BCUT2D eigenvalue weighted by Gasteiger charge is -2.29. The van der Waals surface area contributed by atoms with Gasteiger partial charge in [-0.15, -0.1) is 0 Å². The first-order chi connectivity index (χ1) is 7.36. The SMILES string of the molecule is FC(CC1CCNCC1)C1CCCCC1. The number of hydrogen-bond acceptors (Lipinski definition) is 1. The second-order valence-corrected chi connectivity index (χ2v) is 5.34. The molecule has 1 heterocycles. The van der Waals surface area contributed by atoms with Crippen molar-refractivity contribution in [2.45, 2.75) is 57.5 Å². The summed E-state index contributed by atoms with van der Waals surface area (Å²) in [5, 5.41) is 3.35. The Bertz CT molecular complexity index is 171. The average Bonchev–Trinajstić information content (AvgIpc) is 2.31. The molecule has 2 fully saturated rings. The Morgan fingerprint density at radius 2 is 1.67 bits per heavy atom. The average molecular weight is 213 g/mol. The smallest absolute Gasteiger partial charge is 0.103 e. The van der Waals surface area contributed by atoms with Gasteiger partial charge in [0.05, 0.1) is 0 Å². The molecule has 0 aromatic heterocycles. The third-order valence-electron chi connectivity index (χ3n) is 4.18. The van der Waals surface area contributed by atoms with Gasteiger partial charge < -0.3 is 5.32 Å².